The molecule has 0 saturated heterocycles. The lowest BCUT2D eigenvalue weighted by Gasteiger charge is -2.12. The average Bonchev–Trinajstić information content (AvgIpc) is 3.19. The summed E-state index contributed by atoms with van der Waals surface area (Å²) in [5.74, 6) is 2.85. The molecule has 1 heterocycles. The number of aromatic nitrogens is 1. The zero-order valence-electron chi connectivity index (χ0n) is 16.9. The third-order valence-corrected chi connectivity index (χ3v) is 5.17. The predicted molar refractivity (Wildman–Crippen MR) is 124 cm³/mol. The van der Waals surface area contributed by atoms with Crippen LogP contribution >= 0.6 is 15.9 Å². The number of methoxy groups -OCH3 is 1. The van der Waals surface area contributed by atoms with Crippen LogP contribution < -0.4 is 14.8 Å². The Bertz CT molecular complexity index is 1220. The van der Waals surface area contributed by atoms with E-state index in [9.17, 15) is 10.1 Å². The summed E-state index contributed by atoms with van der Waals surface area (Å²) in [5.41, 5.74) is 2.76. The van der Waals surface area contributed by atoms with E-state index < -0.39 is 5.91 Å². The quantitative estimate of drug-likeness (QED) is 0.289. The van der Waals surface area contributed by atoms with Crippen LogP contribution in [0, 0.1) is 23.7 Å². The molecule has 156 valence electrons. The highest BCUT2D eigenvalue weighted by Crippen LogP contribution is 2.37. The molecule has 2 aromatic carbocycles. The molecule has 0 fully saturated rings. The summed E-state index contributed by atoms with van der Waals surface area (Å²) in [6.07, 6.45) is 9.32. The number of nitrogens with zero attached hydrogens (tertiary/aromatic N) is 1. The molecule has 6 nitrogen and oxygen atoms in total. The van der Waals surface area contributed by atoms with Crippen LogP contribution in [0.5, 0.6) is 11.5 Å². The van der Waals surface area contributed by atoms with E-state index in [2.05, 4.69) is 32.2 Å². The number of carbonyl (C=O) groups excluding carboxylic acids is 1. The van der Waals surface area contributed by atoms with Gasteiger partial charge in [-0.05, 0) is 57.8 Å². The molecule has 31 heavy (non-hydrogen) atoms. The number of amides is 1. The van der Waals surface area contributed by atoms with Gasteiger partial charge in [0.15, 0.2) is 11.5 Å². The third kappa shape index (κ3) is 5.28. The molecular formula is C24H20BrN3O3. The van der Waals surface area contributed by atoms with Gasteiger partial charge in [0.2, 0.25) is 0 Å². The molecule has 3 rings (SSSR count). The Morgan fingerprint density at radius 1 is 1.35 bits per heavy atom. The molecular weight excluding hydrogens is 458 g/mol. The summed E-state index contributed by atoms with van der Waals surface area (Å²) in [4.78, 5) is 15.7. The van der Waals surface area contributed by atoms with Crippen LogP contribution in [-0.2, 0) is 11.2 Å². The van der Waals surface area contributed by atoms with Crippen molar-refractivity contribution in [3.63, 3.8) is 0 Å². The number of hydrogen-bond donors (Lipinski definition) is 2. The lowest BCUT2D eigenvalue weighted by molar-refractivity contribution is -0.117. The number of halogens is 1. The van der Waals surface area contributed by atoms with E-state index in [1.165, 1.54) is 13.2 Å². The average molecular weight is 478 g/mol. The summed E-state index contributed by atoms with van der Waals surface area (Å²) in [6, 6.07) is 13.3. The number of nitrogens with one attached hydrogen (secondary N) is 2. The van der Waals surface area contributed by atoms with Gasteiger partial charge >= 0.3 is 0 Å². The summed E-state index contributed by atoms with van der Waals surface area (Å²) in [6.45, 7) is 0.498. The Hall–Kier alpha value is -3.68. The molecule has 1 aromatic heterocycles. The zero-order valence-corrected chi connectivity index (χ0v) is 18.5. The number of aromatic amines is 1. The standard InChI is InChI=1S/C24H20BrN3O3/c1-3-10-31-23-20(25)12-16(13-22(23)30-2)11-18(14-26)24(29)27-9-8-17-15-28-21-7-5-4-6-19(17)21/h1,4-7,11-13,15,28H,8-10H2,2H3,(H,27,29)/b18-11-. The van der Waals surface area contributed by atoms with Gasteiger partial charge in [0.25, 0.3) is 5.91 Å². The van der Waals surface area contributed by atoms with Crippen molar-refractivity contribution < 1.29 is 14.3 Å². The van der Waals surface area contributed by atoms with Crippen molar-refractivity contribution in [1.29, 1.82) is 5.26 Å². The number of hydrogen-bond acceptors (Lipinski definition) is 4. The first-order chi connectivity index (χ1) is 15.1. The normalized spacial score (nSPS) is 10.9. The molecule has 0 radical (unpaired) electrons. The Balaban J connectivity index is 1.70. The van der Waals surface area contributed by atoms with Crippen molar-refractivity contribution in [1.82, 2.24) is 10.3 Å². The van der Waals surface area contributed by atoms with Gasteiger partial charge in [-0.25, -0.2) is 0 Å². The van der Waals surface area contributed by atoms with Gasteiger partial charge < -0.3 is 19.8 Å². The zero-order chi connectivity index (χ0) is 22.2. The summed E-state index contributed by atoms with van der Waals surface area (Å²) >= 11 is 3.41. The predicted octanol–water partition coefficient (Wildman–Crippen LogP) is 4.22. The van der Waals surface area contributed by atoms with Crippen LogP contribution in [0.15, 0.2) is 52.6 Å². The number of H-pyrrole nitrogens is 1. The highest BCUT2D eigenvalue weighted by molar-refractivity contribution is 9.10. The number of terminal acetylenes is 1. The van der Waals surface area contributed by atoms with Gasteiger partial charge in [-0.15, -0.1) is 6.42 Å². The van der Waals surface area contributed by atoms with E-state index in [0.29, 0.717) is 34.5 Å². The largest absolute Gasteiger partial charge is 0.493 e. The number of ether oxygens (including phenoxy) is 2. The maximum absolute atomic E-state index is 12.5. The lowest BCUT2D eigenvalue weighted by atomic mass is 10.1. The Kier molecular flexibility index (Phi) is 7.37. The molecule has 1 amide bonds. The van der Waals surface area contributed by atoms with Crippen LogP contribution in [0.2, 0.25) is 0 Å². The third-order valence-electron chi connectivity index (χ3n) is 4.58. The van der Waals surface area contributed by atoms with Gasteiger partial charge in [-0.1, -0.05) is 24.1 Å². The number of fused-ring (bicyclic) bond motifs is 1. The van der Waals surface area contributed by atoms with Gasteiger partial charge in [-0.3, -0.25) is 4.79 Å². The van der Waals surface area contributed by atoms with Crippen molar-refractivity contribution in [2.45, 2.75) is 6.42 Å². The molecule has 0 aliphatic carbocycles. The fourth-order valence-corrected chi connectivity index (χ4v) is 3.71. The second-order valence-corrected chi connectivity index (χ2v) is 7.42. The van der Waals surface area contributed by atoms with E-state index >= 15 is 0 Å². The van der Waals surface area contributed by atoms with Gasteiger partial charge in [0.05, 0.1) is 11.6 Å². The van der Waals surface area contributed by atoms with E-state index in [1.807, 2.05) is 36.5 Å². The molecule has 0 unspecified atom stereocenters. The molecule has 0 atom stereocenters. The van der Waals surface area contributed by atoms with Crippen molar-refractivity contribution in [3.8, 4) is 29.9 Å². The number of para-hydroxylation sites is 1. The van der Waals surface area contributed by atoms with Gasteiger partial charge in [0, 0.05) is 23.6 Å². The molecule has 0 saturated carbocycles. The first-order valence-electron chi connectivity index (χ1n) is 9.46. The van der Waals surface area contributed by atoms with E-state index in [4.69, 9.17) is 15.9 Å². The maximum Gasteiger partial charge on any atom is 0.261 e. The van der Waals surface area contributed by atoms with Crippen molar-refractivity contribution in [2.75, 3.05) is 20.3 Å². The molecule has 0 aliphatic heterocycles. The summed E-state index contributed by atoms with van der Waals surface area (Å²) < 4.78 is 11.4. The van der Waals surface area contributed by atoms with Crippen LogP contribution in [0.3, 0.4) is 0 Å². The molecule has 0 bridgehead atoms. The fraction of sp³-hybridized carbons (Fsp3) is 0.167. The summed E-state index contributed by atoms with van der Waals surface area (Å²) in [5, 5.41) is 13.4. The highest BCUT2D eigenvalue weighted by atomic mass is 79.9. The number of nitriles is 1. The molecule has 0 aliphatic rings. The highest BCUT2D eigenvalue weighted by Gasteiger charge is 2.14. The monoisotopic (exact) mass is 477 g/mol. The molecule has 7 heteroatoms. The topological polar surface area (TPSA) is 87.1 Å². The number of carbonyl (C=O) groups is 1. The van der Waals surface area contributed by atoms with Gasteiger partial charge in [0.1, 0.15) is 18.2 Å². The fourth-order valence-electron chi connectivity index (χ4n) is 3.14. The second kappa shape index (κ2) is 10.4. The SMILES string of the molecule is C#CCOc1c(Br)cc(/C=C(/C#N)C(=O)NCCc2c[nH]c3ccccc23)cc1OC. The Morgan fingerprint density at radius 3 is 2.90 bits per heavy atom. The van der Waals surface area contributed by atoms with Crippen LogP contribution in [0.4, 0.5) is 0 Å². The Labute approximate surface area is 189 Å². The van der Waals surface area contributed by atoms with E-state index in [-0.39, 0.29) is 12.2 Å². The van der Waals surface area contributed by atoms with Crippen molar-refractivity contribution in [2.24, 2.45) is 0 Å². The summed E-state index contributed by atoms with van der Waals surface area (Å²) in [7, 11) is 1.50. The lowest BCUT2D eigenvalue weighted by Crippen LogP contribution is -2.26. The smallest absolute Gasteiger partial charge is 0.261 e. The molecule has 2 N–H and O–H groups in total. The second-order valence-electron chi connectivity index (χ2n) is 6.56. The van der Waals surface area contributed by atoms with E-state index in [1.54, 1.807) is 12.1 Å². The molecule has 3 aromatic rings. The first kappa shape index (κ1) is 22.0. The molecule has 0 spiro atoms. The first-order valence-corrected chi connectivity index (χ1v) is 10.3. The Morgan fingerprint density at radius 2 is 2.16 bits per heavy atom. The maximum atomic E-state index is 12.5. The minimum absolute atomic E-state index is 0.00910. The minimum Gasteiger partial charge on any atom is -0.493 e. The van der Waals surface area contributed by atoms with E-state index in [0.717, 1.165) is 16.5 Å². The minimum atomic E-state index is -0.440. The van der Waals surface area contributed by atoms with Crippen molar-refractivity contribution in [3.05, 3.63) is 63.8 Å². The number of benzene rings is 2. The van der Waals surface area contributed by atoms with Gasteiger partial charge in [-0.2, -0.15) is 5.26 Å². The van der Waals surface area contributed by atoms with Crippen molar-refractivity contribution >= 4 is 38.8 Å². The van der Waals surface area contributed by atoms with Crippen LogP contribution in [0.25, 0.3) is 17.0 Å². The van der Waals surface area contributed by atoms with Crippen LogP contribution in [-0.4, -0.2) is 31.2 Å². The number of rotatable bonds is 8. The van der Waals surface area contributed by atoms with Crippen LogP contribution in [0.1, 0.15) is 11.1 Å².